The van der Waals surface area contributed by atoms with Crippen molar-refractivity contribution < 1.29 is 0 Å². The van der Waals surface area contributed by atoms with Crippen LogP contribution in [-0.2, 0) is 13.1 Å². The van der Waals surface area contributed by atoms with Crippen molar-refractivity contribution in [3.8, 4) is 0 Å². The monoisotopic (exact) mass is 399 g/mol. The maximum Gasteiger partial charge on any atom is 0.182 e. The molecule has 0 amide bonds. The van der Waals surface area contributed by atoms with E-state index >= 15 is 0 Å². The smallest absolute Gasteiger partial charge is 0.182 e. The summed E-state index contributed by atoms with van der Waals surface area (Å²) < 4.78 is 0. The van der Waals surface area contributed by atoms with Gasteiger partial charge in [0.15, 0.2) is 5.13 Å². The van der Waals surface area contributed by atoms with Crippen LogP contribution in [-0.4, -0.2) is 23.0 Å². The van der Waals surface area contributed by atoms with Crippen molar-refractivity contribution in [3.05, 3.63) is 47.0 Å². The Bertz CT molecular complexity index is 610. The molecule has 0 atom stereocenters. The van der Waals surface area contributed by atoms with Crippen molar-refractivity contribution in [2.24, 2.45) is 0 Å². The summed E-state index contributed by atoms with van der Waals surface area (Å²) in [5.41, 5.74) is 2.76. The fourth-order valence-electron chi connectivity index (χ4n) is 4.04. The fraction of sp³-hybridized carbons (Fsp3) is 0.625. The molecule has 1 aliphatic rings. The van der Waals surface area contributed by atoms with Crippen LogP contribution in [0, 0.1) is 0 Å². The summed E-state index contributed by atoms with van der Waals surface area (Å²) in [6, 6.07) is 9.15. The van der Waals surface area contributed by atoms with Crippen molar-refractivity contribution in [1.29, 1.82) is 0 Å². The van der Waals surface area contributed by atoms with E-state index in [-0.39, 0.29) is 0 Å². The molecule has 0 radical (unpaired) electrons. The minimum atomic E-state index is 0.845. The number of anilines is 1. The minimum Gasteiger partial charge on any atom is -0.357 e. The van der Waals surface area contributed by atoms with Gasteiger partial charge in [0.05, 0.1) is 0 Å². The van der Waals surface area contributed by atoms with Crippen molar-refractivity contribution in [2.45, 2.75) is 83.7 Å². The van der Waals surface area contributed by atoms with Gasteiger partial charge in [0.1, 0.15) is 0 Å². The highest BCUT2D eigenvalue weighted by atomic mass is 32.1. The zero-order chi connectivity index (χ0) is 19.3. The Hall–Kier alpha value is -1.39. The molecule has 1 fully saturated rings. The second-order valence-corrected chi connectivity index (χ2v) is 9.07. The van der Waals surface area contributed by atoms with E-state index in [9.17, 15) is 0 Å². The topological polar surface area (TPSA) is 28.2 Å². The van der Waals surface area contributed by atoms with Gasteiger partial charge in [-0.2, -0.15) is 0 Å². The number of aromatic nitrogens is 1. The maximum atomic E-state index is 4.28. The molecule has 1 N–H and O–H groups in total. The molecule has 0 unspecified atom stereocenters. The fourth-order valence-corrected chi connectivity index (χ4v) is 4.57. The van der Waals surface area contributed by atoms with Gasteiger partial charge >= 0.3 is 0 Å². The molecule has 1 aliphatic heterocycles. The molecule has 1 saturated heterocycles. The summed E-state index contributed by atoms with van der Waals surface area (Å²) in [6.45, 7) is 4.46. The van der Waals surface area contributed by atoms with Gasteiger partial charge in [-0.05, 0) is 37.1 Å². The van der Waals surface area contributed by atoms with Crippen LogP contribution in [0.3, 0.4) is 0 Å². The Kier molecular flexibility index (Phi) is 9.86. The highest BCUT2D eigenvalue weighted by Gasteiger charge is 2.07. The molecule has 0 spiro atoms. The molecule has 3 nitrogen and oxygen atoms in total. The number of benzene rings is 1. The minimum absolute atomic E-state index is 0.845. The lowest BCUT2D eigenvalue weighted by Crippen LogP contribution is -2.25. The summed E-state index contributed by atoms with van der Waals surface area (Å²) in [5.74, 6) is 0. The first kappa shape index (κ1) is 21.3. The predicted octanol–water partition coefficient (Wildman–Crippen LogP) is 6.86. The van der Waals surface area contributed by atoms with Gasteiger partial charge in [0, 0.05) is 24.7 Å². The molecular formula is C24H37N3S. The van der Waals surface area contributed by atoms with Crippen molar-refractivity contribution >= 4 is 16.5 Å². The average molecular weight is 400 g/mol. The van der Waals surface area contributed by atoms with Crippen LogP contribution >= 0.6 is 11.3 Å². The summed E-state index contributed by atoms with van der Waals surface area (Å²) >= 11 is 1.65. The first-order valence-electron chi connectivity index (χ1n) is 11.3. The Morgan fingerprint density at radius 2 is 1.29 bits per heavy atom. The van der Waals surface area contributed by atoms with Gasteiger partial charge < -0.3 is 5.32 Å². The van der Waals surface area contributed by atoms with E-state index in [1.54, 1.807) is 11.3 Å². The number of thiazole rings is 1. The van der Waals surface area contributed by atoms with Crippen LogP contribution in [0.25, 0.3) is 0 Å². The number of hydrogen-bond donors (Lipinski definition) is 1. The molecule has 2 heterocycles. The summed E-state index contributed by atoms with van der Waals surface area (Å²) in [6.07, 6.45) is 17.5. The second kappa shape index (κ2) is 12.9. The molecule has 2 aromatic rings. The van der Waals surface area contributed by atoms with Crippen molar-refractivity contribution in [2.75, 3.05) is 18.4 Å². The third-order valence-electron chi connectivity index (χ3n) is 5.75. The Labute approximate surface area is 175 Å². The molecule has 1 aromatic carbocycles. The Morgan fingerprint density at radius 1 is 0.750 bits per heavy atom. The van der Waals surface area contributed by atoms with E-state index < -0.39 is 0 Å². The SMILES string of the molecule is c1csc(NCc2ccc(CN3CCCCCCCCCCCCC3)cc2)n1. The van der Waals surface area contributed by atoms with Gasteiger partial charge in [-0.15, -0.1) is 11.3 Å². The number of hydrogen-bond acceptors (Lipinski definition) is 4. The standard InChI is InChI=1S/C24H37N3S/c1-2-4-6-8-10-17-27(18-11-9-7-5-3-1)21-23-14-12-22(13-15-23)20-26-24-25-16-19-28-24/h12-16,19H,1-11,17-18,20-21H2,(H,25,26). The van der Waals surface area contributed by atoms with Gasteiger partial charge in [-0.1, -0.05) is 82.1 Å². The quantitative estimate of drug-likeness (QED) is 0.595. The lowest BCUT2D eigenvalue weighted by molar-refractivity contribution is 0.251. The second-order valence-electron chi connectivity index (χ2n) is 8.17. The van der Waals surface area contributed by atoms with Crippen molar-refractivity contribution in [3.63, 3.8) is 0 Å². The van der Waals surface area contributed by atoms with Gasteiger partial charge in [0.2, 0.25) is 0 Å². The predicted molar refractivity (Wildman–Crippen MR) is 122 cm³/mol. The molecular weight excluding hydrogens is 362 g/mol. The molecule has 28 heavy (non-hydrogen) atoms. The van der Waals surface area contributed by atoms with Crippen molar-refractivity contribution in [1.82, 2.24) is 9.88 Å². The third kappa shape index (κ3) is 8.32. The largest absolute Gasteiger partial charge is 0.357 e. The molecule has 3 rings (SSSR count). The lowest BCUT2D eigenvalue weighted by atomic mass is 10.0. The lowest BCUT2D eigenvalue weighted by Gasteiger charge is -2.23. The van der Waals surface area contributed by atoms with Gasteiger partial charge in [0.25, 0.3) is 0 Å². The molecule has 154 valence electrons. The highest BCUT2D eigenvalue weighted by molar-refractivity contribution is 7.13. The molecule has 1 aromatic heterocycles. The van der Waals surface area contributed by atoms with Gasteiger partial charge in [-0.3, -0.25) is 4.90 Å². The van der Waals surface area contributed by atoms with Crippen LogP contribution in [0.15, 0.2) is 35.8 Å². The third-order valence-corrected chi connectivity index (χ3v) is 6.48. The molecule has 4 heteroatoms. The summed E-state index contributed by atoms with van der Waals surface area (Å²) in [5, 5.41) is 6.39. The average Bonchev–Trinajstić information content (AvgIpc) is 3.24. The van der Waals surface area contributed by atoms with Gasteiger partial charge in [-0.25, -0.2) is 4.98 Å². The molecule has 0 bridgehead atoms. The van der Waals surface area contributed by atoms with E-state index in [1.807, 2.05) is 11.6 Å². The van der Waals surface area contributed by atoms with Crippen LogP contribution in [0.5, 0.6) is 0 Å². The van der Waals surface area contributed by atoms with Crippen LogP contribution < -0.4 is 5.32 Å². The Morgan fingerprint density at radius 3 is 1.82 bits per heavy atom. The zero-order valence-corrected chi connectivity index (χ0v) is 18.2. The van der Waals surface area contributed by atoms with Crippen LogP contribution in [0.4, 0.5) is 5.13 Å². The van der Waals surface area contributed by atoms with Crippen LogP contribution in [0.2, 0.25) is 0 Å². The number of nitrogens with zero attached hydrogens (tertiary/aromatic N) is 2. The Balaban J connectivity index is 1.46. The van der Waals surface area contributed by atoms with E-state index in [1.165, 1.54) is 94.8 Å². The van der Waals surface area contributed by atoms with E-state index in [4.69, 9.17) is 0 Å². The van der Waals surface area contributed by atoms with E-state index in [0.717, 1.165) is 18.2 Å². The zero-order valence-electron chi connectivity index (χ0n) is 17.4. The highest BCUT2D eigenvalue weighted by Crippen LogP contribution is 2.16. The molecule has 0 saturated carbocycles. The van der Waals surface area contributed by atoms with E-state index in [2.05, 4.69) is 39.5 Å². The number of rotatable bonds is 5. The first-order valence-corrected chi connectivity index (χ1v) is 12.2. The number of nitrogens with one attached hydrogen (secondary N) is 1. The summed E-state index contributed by atoms with van der Waals surface area (Å²) in [7, 11) is 0. The maximum absolute atomic E-state index is 4.28. The van der Waals surface area contributed by atoms with E-state index in [0.29, 0.717) is 0 Å². The molecule has 0 aliphatic carbocycles. The normalized spacial score (nSPS) is 18.4. The van der Waals surface area contributed by atoms with Crippen LogP contribution in [0.1, 0.15) is 81.8 Å². The first-order chi connectivity index (χ1) is 13.9. The summed E-state index contributed by atoms with van der Waals surface area (Å²) in [4.78, 5) is 6.97.